The van der Waals surface area contributed by atoms with E-state index in [2.05, 4.69) is 0 Å². The number of hydrogen-bond donors (Lipinski definition) is 0. The van der Waals surface area contributed by atoms with Crippen molar-refractivity contribution in [1.82, 2.24) is 0 Å². The molecule has 0 fully saturated rings. The molecular weight excluding hydrogens is 1220 g/mol. The summed E-state index contributed by atoms with van der Waals surface area (Å²) in [6.07, 6.45) is -20.7. The fourth-order valence-electron chi connectivity index (χ4n) is 6.76. The molecule has 0 heterocycles. The average Bonchev–Trinajstić information content (AvgIpc) is 3.31. The number of hydrogen-bond acceptors (Lipinski definition) is 1. The van der Waals surface area contributed by atoms with Crippen molar-refractivity contribution in [3.63, 3.8) is 0 Å². The molecule has 0 spiro atoms. The molecule has 2 aromatic carbocycles. The van der Waals surface area contributed by atoms with Crippen LogP contribution in [0.15, 0.2) is 82.6 Å². The number of benzene rings is 2. The van der Waals surface area contributed by atoms with Gasteiger partial charge >= 0.3 is 95.3 Å². The van der Waals surface area contributed by atoms with Crippen molar-refractivity contribution >= 4 is 10.8 Å². The monoisotopic (exact) mass is 1260 g/mol. The SMILES string of the molecule is O=S(c1ccccc1CC=CCCCCCC(F)(F)C(F)(F)C(F)(F)C(F)(F)C(F)(F)C(F)(F)C(F)(F)C(F)(F)F)c1ccccc1CC=CCCCCCC(F)(F)C(F)(F)C(F)(F)C(F)(F)C(F)(F)C(F)(F)C(F)(F)C(F)(F)F. The van der Waals surface area contributed by atoms with E-state index in [4.69, 9.17) is 0 Å². The van der Waals surface area contributed by atoms with Crippen molar-refractivity contribution in [2.45, 2.75) is 182 Å². The van der Waals surface area contributed by atoms with Gasteiger partial charge in [-0.1, -0.05) is 73.5 Å². The van der Waals surface area contributed by atoms with Crippen LogP contribution in [0, 0.1) is 0 Å². The maximum atomic E-state index is 14.2. The number of allylic oxidation sites excluding steroid dienone is 4. The molecule has 0 saturated carbocycles. The molecule has 0 amide bonds. The second-order valence-corrected chi connectivity index (χ2v) is 18.7. The first-order valence-electron chi connectivity index (χ1n) is 21.9. The Morgan fingerprint density at radius 2 is 0.525 bits per heavy atom. The second kappa shape index (κ2) is 23.7. The van der Waals surface area contributed by atoms with Gasteiger partial charge in [0.25, 0.3) is 0 Å². The zero-order chi connectivity index (χ0) is 62.9. The lowest BCUT2D eigenvalue weighted by Crippen LogP contribution is -2.74. The minimum atomic E-state index is -8.74. The minimum Gasteiger partial charge on any atom is -0.249 e. The summed E-state index contributed by atoms with van der Waals surface area (Å²) in [6, 6.07) is 11.4. The number of halogens is 34. The maximum absolute atomic E-state index is 14.2. The van der Waals surface area contributed by atoms with Gasteiger partial charge in [-0.05, 0) is 74.6 Å². The molecule has 0 bridgehead atoms. The summed E-state index contributed by atoms with van der Waals surface area (Å²) in [5, 5.41) is 0. The van der Waals surface area contributed by atoms with Crippen molar-refractivity contribution in [2.75, 3.05) is 0 Å². The van der Waals surface area contributed by atoms with Crippen LogP contribution in [0.4, 0.5) is 149 Å². The van der Waals surface area contributed by atoms with Crippen molar-refractivity contribution in [3.05, 3.63) is 84.0 Å². The summed E-state index contributed by atoms with van der Waals surface area (Å²) < 4.78 is 473. The third-order valence-corrected chi connectivity index (χ3v) is 13.2. The Kier molecular flexibility index (Phi) is 21.3. The van der Waals surface area contributed by atoms with Gasteiger partial charge in [0.1, 0.15) is 0 Å². The fourth-order valence-corrected chi connectivity index (χ4v) is 8.18. The predicted molar refractivity (Wildman–Crippen MR) is 211 cm³/mol. The first-order chi connectivity index (χ1) is 35.6. The molecule has 80 heavy (non-hydrogen) atoms. The Morgan fingerprint density at radius 3 is 0.787 bits per heavy atom. The van der Waals surface area contributed by atoms with E-state index in [0.29, 0.717) is 11.1 Å². The smallest absolute Gasteiger partial charge is 0.249 e. The molecule has 0 aliphatic heterocycles. The van der Waals surface area contributed by atoms with Crippen LogP contribution >= 0.6 is 0 Å². The van der Waals surface area contributed by atoms with Crippen LogP contribution in [0.1, 0.15) is 75.3 Å². The second-order valence-electron chi connectivity index (χ2n) is 17.3. The van der Waals surface area contributed by atoms with Crippen molar-refractivity contribution in [2.24, 2.45) is 0 Å². The zero-order valence-corrected chi connectivity index (χ0v) is 39.9. The van der Waals surface area contributed by atoms with Gasteiger partial charge in [-0.3, -0.25) is 0 Å². The molecule has 0 N–H and O–H groups in total. The average molecular weight is 1260 g/mol. The van der Waals surface area contributed by atoms with Crippen LogP contribution in [0.5, 0.6) is 0 Å². The van der Waals surface area contributed by atoms with E-state index in [9.17, 15) is 153 Å². The Bertz CT molecular complexity index is 2280. The molecule has 0 aromatic heterocycles. The highest BCUT2D eigenvalue weighted by molar-refractivity contribution is 7.85. The largest absolute Gasteiger partial charge is 0.460 e. The van der Waals surface area contributed by atoms with Crippen LogP contribution < -0.4 is 0 Å². The van der Waals surface area contributed by atoms with Crippen molar-refractivity contribution < 1.29 is 153 Å². The molecule has 0 unspecified atom stereocenters. The molecule has 0 aliphatic carbocycles. The van der Waals surface area contributed by atoms with Crippen LogP contribution in [0.3, 0.4) is 0 Å². The summed E-state index contributed by atoms with van der Waals surface area (Å²) >= 11 is 0. The Balaban J connectivity index is 2.04. The first-order valence-corrected chi connectivity index (χ1v) is 23.0. The third-order valence-electron chi connectivity index (χ3n) is 11.7. The number of alkyl halides is 34. The van der Waals surface area contributed by atoms with E-state index in [1.54, 1.807) is 0 Å². The normalized spacial score (nSPS) is 15.9. The standard InChI is InChI=1S/C44H36F34OS/c45-29(46,31(49,50)33(53,54)35(57,58)37(61,62)39(65,66)41(69,70)43(73,74)75)23-15-7-3-1-5-9-17-25-19-11-13-21-27(25)80(79)28-22-14-12-20-26(28)18-10-6-2-4-8-16-24-30(47,48)32(51,52)34(55,56)36(59,60)38(63,64)40(67,68)42(71,72)44(76,77)78/h5-6,9-14,19-22H,1-4,7-8,15-18,23-24H2. The van der Waals surface area contributed by atoms with Gasteiger partial charge in [-0.15, -0.1) is 0 Å². The molecule has 0 radical (unpaired) electrons. The van der Waals surface area contributed by atoms with Gasteiger partial charge in [0.2, 0.25) is 0 Å². The van der Waals surface area contributed by atoms with E-state index < -0.39 is 145 Å². The van der Waals surface area contributed by atoms with Crippen molar-refractivity contribution in [1.29, 1.82) is 0 Å². The summed E-state index contributed by atoms with van der Waals surface area (Å²) in [4.78, 5) is 0.293. The van der Waals surface area contributed by atoms with E-state index >= 15 is 0 Å². The first kappa shape index (κ1) is 71.8. The highest BCUT2D eigenvalue weighted by Crippen LogP contribution is 2.66. The third kappa shape index (κ3) is 12.6. The lowest BCUT2D eigenvalue weighted by molar-refractivity contribution is -0.461. The Hall–Kier alpha value is -4.31. The summed E-state index contributed by atoms with van der Waals surface area (Å²) in [5.41, 5.74) is 0.673. The Morgan fingerprint density at radius 1 is 0.287 bits per heavy atom. The molecule has 0 aliphatic rings. The van der Waals surface area contributed by atoms with Gasteiger partial charge in [-0.2, -0.15) is 149 Å². The molecule has 0 atom stereocenters. The highest BCUT2D eigenvalue weighted by Gasteiger charge is 2.97. The number of rotatable bonds is 30. The van der Waals surface area contributed by atoms with Crippen LogP contribution in [-0.4, -0.2) is 99.5 Å². The highest BCUT2D eigenvalue weighted by atomic mass is 32.2. The predicted octanol–water partition coefficient (Wildman–Crippen LogP) is 19.0. The van der Waals surface area contributed by atoms with Gasteiger partial charge < -0.3 is 0 Å². The quantitative estimate of drug-likeness (QED) is 0.0433. The topological polar surface area (TPSA) is 17.1 Å². The lowest BCUT2D eigenvalue weighted by atomic mass is 9.88. The molecular formula is C44H36F34OS. The zero-order valence-electron chi connectivity index (χ0n) is 39.1. The molecule has 36 heteroatoms. The van der Waals surface area contributed by atoms with Crippen LogP contribution in [0.2, 0.25) is 0 Å². The molecule has 1 nitrogen and oxygen atoms in total. The summed E-state index contributed by atoms with van der Waals surface area (Å²) in [7, 11) is -2.03. The molecule has 2 aromatic rings. The summed E-state index contributed by atoms with van der Waals surface area (Å²) in [5.74, 6) is -114. The van der Waals surface area contributed by atoms with Gasteiger partial charge in [0.05, 0.1) is 10.8 Å². The van der Waals surface area contributed by atoms with E-state index in [1.807, 2.05) is 0 Å². The van der Waals surface area contributed by atoms with E-state index in [1.165, 1.54) is 72.8 Å². The van der Waals surface area contributed by atoms with Gasteiger partial charge in [0.15, 0.2) is 0 Å². The van der Waals surface area contributed by atoms with E-state index in [0.717, 1.165) is 0 Å². The summed E-state index contributed by atoms with van der Waals surface area (Å²) in [6.45, 7) is 0. The molecule has 0 saturated heterocycles. The van der Waals surface area contributed by atoms with Crippen LogP contribution in [-0.2, 0) is 23.6 Å². The minimum absolute atomic E-state index is 0.0731. The van der Waals surface area contributed by atoms with Gasteiger partial charge in [-0.25, -0.2) is 4.21 Å². The van der Waals surface area contributed by atoms with Crippen LogP contribution in [0.25, 0.3) is 0 Å². The van der Waals surface area contributed by atoms with Gasteiger partial charge in [0, 0.05) is 22.6 Å². The maximum Gasteiger partial charge on any atom is 0.460 e. The Labute approximate surface area is 430 Å². The van der Waals surface area contributed by atoms with Crippen molar-refractivity contribution in [3.8, 4) is 0 Å². The number of unbranched alkanes of at least 4 members (excludes halogenated alkanes) is 6. The molecule has 2 rings (SSSR count). The lowest BCUT2D eigenvalue weighted by Gasteiger charge is -2.42. The fraction of sp³-hybridized carbons (Fsp3) is 0.636. The van der Waals surface area contributed by atoms with E-state index in [-0.39, 0.29) is 48.3 Å². The molecule has 462 valence electrons.